The third-order valence-electron chi connectivity index (χ3n) is 6.41. The zero-order valence-corrected chi connectivity index (χ0v) is 18.8. The number of benzene rings is 2. The average molecular weight is 467 g/mol. The minimum Gasteiger partial charge on any atom is -0.468 e. The van der Waals surface area contributed by atoms with E-state index in [4.69, 9.17) is 26.6 Å². The maximum atomic E-state index is 13.3. The number of nitrogens with zero attached hydrogens (tertiary/aromatic N) is 3. The Balaban J connectivity index is 1.33. The SMILES string of the molecule is C[C@@]12C[C@@H](c3ccccc3O1)[C@@H](C(N)=O)C(=O)N2CCCc1nc(-c2ccccc2Cl)no1. The normalized spacial score (nSPS) is 23.7. The third-order valence-corrected chi connectivity index (χ3v) is 6.74. The van der Waals surface area contributed by atoms with Crippen LogP contribution in [-0.4, -0.2) is 39.1 Å². The van der Waals surface area contributed by atoms with E-state index in [1.54, 1.807) is 11.0 Å². The zero-order valence-electron chi connectivity index (χ0n) is 18.0. The van der Waals surface area contributed by atoms with Gasteiger partial charge in [-0.05, 0) is 37.1 Å². The van der Waals surface area contributed by atoms with Gasteiger partial charge in [-0.3, -0.25) is 9.59 Å². The van der Waals surface area contributed by atoms with Crippen LogP contribution in [0.4, 0.5) is 0 Å². The predicted molar refractivity (Wildman–Crippen MR) is 120 cm³/mol. The summed E-state index contributed by atoms with van der Waals surface area (Å²) in [7, 11) is 0. The van der Waals surface area contributed by atoms with Crippen LogP contribution in [0.1, 0.15) is 37.1 Å². The van der Waals surface area contributed by atoms with E-state index in [-0.39, 0.29) is 11.8 Å². The van der Waals surface area contributed by atoms with Gasteiger partial charge >= 0.3 is 0 Å². The van der Waals surface area contributed by atoms with Gasteiger partial charge in [-0.15, -0.1) is 0 Å². The first-order valence-corrected chi connectivity index (χ1v) is 11.2. The van der Waals surface area contributed by atoms with Crippen molar-refractivity contribution >= 4 is 23.4 Å². The molecule has 1 saturated heterocycles. The van der Waals surface area contributed by atoms with Gasteiger partial charge in [0.2, 0.25) is 23.5 Å². The molecule has 2 bridgehead atoms. The minimum absolute atomic E-state index is 0.296. The lowest BCUT2D eigenvalue weighted by Crippen LogP contribution is -2.64. The Kier molecular flexibility index (Phi) is 5.32. The summed E-state index contributed by atoms with van der Waals surface area (Å²) in [5.74, 6) is -0.595. The second-order valence-electron chi connectivity index (χ2n) is 8.59. The molecule has 3 aromatic rings. The summed E-state index contributed by atoms with van der Waals surface area (Å²) < 4.78 is 11.6. The molecule has 9 heteroatoms. The van der Waals surface area contributed by atoms with Gasteiger partial charge in [0.1, 0.15) is 11.7 Å². The second-order valence-corrected chi connectivity index (χ2v) is 9.00. The largest absolute Gasteiger partial charge is 0.468 e. The van der Waals surface area contributed by atoms with Gasteiger partial charge in [0, 0.05) is 30.9 Å². The monoisotopic (exact) mass is 466 g/mol. The van der Waals surface area contributed by atoms with Gasteiger partial charge in [0.25, 0.3) is 0 Å². The van der Waals surface area contributed by atoms with Crippen molar-refractivity contribution in [3.8, 4) is 17.1 Å². The van der Waals surface area contributed by atoms with Crippen molar-refractivity contribution in [3.05, 3.63) is 65.0 Å². The molecule has 2 aliphatic rings. The quantitative estimate of drug-likeness (QED) is 0.556. The van der Waals surface area contributed by atoms with Crippen LogP contribution in [0.15, 0.2) is 53.1 Å². The molecule has 0 radical (unpaired) electrons. The van der Waals surface area contributed by atoms with Crippen molar-refractivity contribution < 1.29 is 18.8 Å². The van der Waals surface area contributed by atoms with E-state index in [1.165, 1.54) is 0 Å². The van der Waals surface area contributed by atoms with Crippen LogP contribution in [0, 0.1) is 5.92 Å². The van der Waals surface area contributed by atoms with Crippen LogP contribution >= 0.6 is 11.6 Å². The van der Waals surface area contributed by atoms with Gasteiger partial charge in [0.15, 0.2) is 5.72 Å². The number of rotatable bonds is 6. The number of halogens is 1. The number of aromatic nitrogens is 2. The fourth-order valence-corrected chi connectivity index (χ4v) is 5.10. The first kappa shape index (κ1) is 21.5. The lowest BCUT2D eigenvalue weighted by atomic mass is 9.73. The maximum absolute atomic E-state index is 13.3. The summed E-state index contributed by atoms with van der Waals surface area (Å²) in [5, 5.41) is 4.56. The van der Waals surface area contributed by atoms with Crippen LogP contribution < -0.4 is 10.5 Å². The van der Waals surface area contributed by atoms with Gasteiger partial charge < -0.3 is 19.9 Å². The van der Waals surface area contributed by atoms with Crippen molar-refractivity contribution in [1.82, 2.24) is 15.0 Å². The Bertz CT molecular complexity index is 1230. The predicted octanol–water partition coefficient (Wildman–Crippen LogP) is 3.55. The summed E-state index contributed by atoms with van der Waals surface area (Å²) in [4.78, 5) is 31.7. The number of para-hydroxylation sites is 1. The first-order valence-electron chi connectivity index (χ1n) is 10.8. The molecule has 1 aromatic heterocycles. The fourth-order valence-electron chi connectivity index (χ4n) is 4.88. The first-order chi connectivity index (χ1) is 15.9. The van der Waals surface area contributed by atoms with Gasteiger partial charge in [-0.1, -0.05) is 47.1 Å². The molecule has 8 nitrogen and oxygen atoms in total. The van der Waals surface area contributed by atoms with Crippen LogP contribution in [0.3, 0.4) is 0 Å². The van der Waals surface area contributed by atoms with Crippen LogP contribution in [0.2, 0.25) is 5.02 Å². The van der Waals surface area contributed by atoms with Gasteiger partial charge in [-0.2, -0.15) is 4.98 Å². The fraction of sp³-hybridized carbons (Fsp3) is 0.333. The molecule has 5 rings (SSSR count). The molecule has 0 aliphatic carbocycles. The molecule has 1 fully saturated rings. The number of hydrogen-bond donors (Lipinski definition) is 1. The topological polar surface area (TPSA) is 112 Å². The number of likely N-dealkylation sites (tertiary alicyclic amines) is 1. The lowest BCUT2D eigenvalue weighted by Gasteiger charge is -2.52. The van der Waals surface area contributed by atoms with E-state index >= 15 is 0 Å². The number of ether oxygens (including phenoxy) is 1. The number of carbonyl (C=O) groups excluding carboxylic acids is 2. The zero-order chi connectivity index (χ0) is 23.2. The molecule has 33 heavy (non-hydrogen) atoms. The van der Waals surface area contributed by atoms with Crippen LogP contribution in [0.25, 0.3) is 11.4 Å². The summed E-state index contributed by atoms with van der Waals surface area (Å²) in [6, 6.07) is 14.8. The highest BCUT2D eigenvalue weighted by Crippen LogP contribution is 2.50. The van der Waals surface area contributed by atoms with Crippen molar-refractivity contribution in [1.29, 1.82) is 0 Å². The van der Waals surface area contributed by atoms with E-state index in [2.05, 4.69) is 10.1 Å². The number of aryl methyl sites for hydroxylation is 1. The maximum Gasteiger partial charge on any atom is 0.238 e. The lowest BCUT2D eigenvalue weighted by molar-refractivity contribution is -0.175. The summed E-state index contributed by atoms with van der Waals surface area (Å²) in [6.07, 6.45) is 1.51. The Morgan fingerprint density at radius 1 is 1.24 bits per heavy atom. The van der Waals surface area contributed by atoms with Gasteiger partial charge in [0.05, 0.1) is 5.02 Å². The molecular formula is C24H23ClN4O4. The highest BCUT2D eigenvalue weighted by atomic mass is 35.5. The number of carbonyl (C=O) groups is 2. The standard InChI is InChI=1S/C24H23ClN4O4/c1-24-13-16(14-7-3-5-10-18(14)32-24)20(21(26)30)23(31)29(24)12-6-11-19-27-22(28-33-19)15-8-2-4-9-17(15)25/h2-5,7-10,16,20H,6,11-13H2,1H3,(H2,26,30)/t16-,20-,24-/m0/s1. The molecule has 2 N–H and O–H groups in total. The molecule has 170 valence electrons. The number of nitrogens with two attached hydrogens (primary N) is 1. The Hall–Kier alpha value is -3.39. The Labute approximate surface area is 195 Å². The molecule has 2 amide bonds. The number of hydrogen-bond acceptors (Lipinski definition) is 6. The molecule has 2 aromatic carbocycles. The summed E-state index contributed by atoms with van der Waals surface area (Å²) >= 11 is 6.21. The van der Waals surface area contributed by atoms with E-state index in [1.807, 2.05) is 49.4 Å². The Morgan fingerprint density at radius 2 is 2.00 bits per heavy atom. The molecule has 2 aliphatic heterocycles. The summed E-state index contributed by atoms with van der Waals surface area (Å²) in [5.41, 5.74) is 6.36. The number of amides is 2. The van der Waals surface area contributed by atoms with Crippen molar-refractivity contribution in [2.24, 2.45) is 11.7 Å². The third kappa shape index (κ3) is 3.74. The van der Waals surface area contributed by atoms with E-state index in [9.17, 15) is 9.59 Å². The van der Waals surface area contributed by atoms with Crippen LogP contribution in [0.5, 0.6) is 5.75 Å². The van der Waals surface area contributed by atoms with Crippen molar-refractivity contribution in [2.45, 2.75) is 37.8 Å². The molecule has 0 unspecified atom stereocenters. The molecule has 3 atom stereocenters. The molecule has 3 heterocycles. The number of primary amides is 1. The minimum atomic E-state index is -0.918. The summed E-state index contributed by atoms with van der Waals surface area (Å²) in [6.45, 7) is 2.24. The Morgan fingerprint density at radius 3 is 2.79 bits per heavy atom. The number of piperidine rings is 1. The van der Waals surface area contributed by atoms with E-state index < -0.39 is 17.6 Å². The van der Waals surface area contributed by atoms with Crippen LogP contribution in [-0.2, 0) is 16.0 Å². The number of fused-ring (bicyclic) bond motifs is 4. The van der Waals surface area contributed by atoms with Gasteiger partial charge in [-0.25, -0.2) is 0 Å². The molecule has 0 spiro atoms. The molecular weight excluding hydrogens is 444 g/mol. The average Bonchev–Trinajstić information content (AvgIpc) is 3.24. The smallest absolute Gasteiger partial charge is 0.238 e. The second kappa shape index (κ2) is 8.19. The molecule has 0 saturated carbocycles. The van der Waals surface area contributed by atoms with Crippen molar-refractivity contribution in [2.75, 3.05) is 6.54 Å². The van der Waals surface area contributed by atoms with E-state index in [0.29, 0.717) is 53.9 Å². The highest BCUT2D eigenvalue weighted by molar-refractivity contribution is 6.33. The van der Waals surface area contributed by atoms with Crippen molar-refractivity contribution in [3.63, 3.8) is 0 Å². The van der Waals surface area contributed by atoms with E-state index in [0.717, 1.165) is 5.56 Å². The highest BCUT2D eigenvalue weighted by Gasteiger charge is 2.55.